The minimum Gasteiger partial charge on any atom is -0.466 e. The molecule has 0 saturated heterocycles. The number of methoxy groups -OCH3 is 1. The number of ether oxygens (including phenoxy) is 1. The van der Waals surface area contributed by atoms with Crippen molar-refractivity contribution >= 4 is 40.9 Å². The number of hydrogen-bond acceptors (Lipinski definition) is 3. The molecule has 0 aromatic heterocycles. The first-order valence-corrected chi connectivity index (χ1v) is 8.18. The Morgan fingerprint density at radius 3 is 2.48 bits per heavy atom. The van der Waals surface area contributed by atoms with Crippen molar-refractivity contribution in [2.45, 2.75) is 6.04 Å². The van der Waals surface area contributed by atoms with Gasteiger partial charge in [-0.3, -0.25) is 0 Å². The van der Waals surface area contributed by atoms with Crippen molar-refractivity contribution in [3.05, 3.63) is 75.3 Å². The minimum atomic E-state index is -0.789. The molecule has 0 radical (unpaired) electrons. The average molecular weight is 377 g/mol. The number of esters is 1. The molecule has 0 fully saturated rings. The van der Waals surface area contributed by atoms with Gasteiger partial charge < -0.3 is 15.4 Å². The van der Waals surface area contributed by atoms with E-state index < -0.39 is 18.0 Å². The molecule has 1 aliphatic rings. The van der Waals surface area contributed by atoms with Gasteiger partial charge in [-0.25, -0.2) is 9.59 Å². The summed E-state index contributed by atoms with van der Waals surface area (Å²) in [5.74, 6) is -0.576. The van der Waals surface area contributed by atoms with Crippen molar-refractivity contribution in [1.82, 2.24) is 10.6 Å². The fourth-order valence-electron chi connectivity index (χ4n) is 2.70. The minimum absolute atomic E-state index is 0.248. The largest absolute Gasteiger partial charge is 0.466 e. The quantitative estimate of drug-likeness (QED) is 0.797. The van der Waals surface area contributed by atoms with E-state index in [-0.39, 0.29) is 10.6 Å². The smallest absolute Gasteiger partial charge is 0.338 e. The van der Waals surface area contributed by atoms with E-state index in [0.29, 0.717) is 21.8 Å². The molecular weight excluding hydrogens is 363 g/mol. The Bertz CT molecular complexity index is 866. The van der Waals surface area contributed by atoms with E-state index in [1.165, 1.54) is 7.11 Å². The zero-order valence-corrected chi connectivity index (χ0v) is 14.7. The maximum absolute atomic E-state index is 12.5. The average Bonchev–Trinajstić information content (AvgIpc) is 2.63. The summed E-state index contributed by atoms with van der Waals surface area (Å²) in [5, 5.41) is 6.00. The second-order valence-corrected chi connectivity index (χ2v) is 6.11. The highest BCUT2D eigenvalue weighted by atomic mass is 35.5. The molecule has 0 aliphatic carbocycles. The highest BCUT2D eigenvalue weighted by molar-refractivity contribution is 6.42. The zero-order valence-electron chi connectivity index (χ0n) is 13.2. The Kier molecular flexibility index (Phi) is 4.97. The van der Waals surface area contributed by atoms with E-state index in [0.717, 1.165) is 0 Å². The maximum atomic E-state index is 12.5. The molecule has 7 heteroatoms. The van der Waals surface area contributed by atoms with Crippen LogP contribution in [0.25, 0.3) is 5.70 Å². The van der Waals surface area contributed by atoms with Crippen LogP contribution in [0.1, 0.15) is 17.2 Å². The first-order chi connectivity index (χ1) is 12.0. The summed E-state index contributed by atoms with van der Waals surface area (Å²) in [5.41, 5.74) is 1.81. The maximum Gasteiger partial charge on any atom is 0.338 e. The number of amides is 2. The molecule has 1 aliphatic heterocycles. The number of carbonyl (C=O) groups is 2. The number of benzene rings is 2. The van der Waals surface area contributed by atoms with Gasteiger partial charge in [0.05, 0.1) is 34.5 Å². The van der Waals surface area contributed by atoms with Crippen molar-refractivity contribution in [1.29, 1.82) is 0 Å². The number of rotatable bonds is 3. The van der Waals surface area contributed by atoms with Crippen molar-refractivity contribution in [3.63, 3.8) is 0 Å². The number of carbonyl (C=O) groups excluding carboxylic acids is 2. The summed E-state index contributed by atoms with van der Waals surface area (Å²) in [4.78, 5) is 24.7. The molecule has 1 unspecified atom stereocenters. The molecule has 2 N–H and O–H groups in total. The summed E-state index contributed by atoms with van der Waals surface area (Å²) in [6, 6.07) is 12.9. The van der Waals surface area contributed by atoms with Crippen molar-refractivity contribution in [3.8, 4) is 0 Å². The molecule has 1 heterocycles. The third-order valence-corrected chi connectivity index (χ3v) is 4.67. The fourth-order valence-corrected chi connectivity index (χ4v) is 3.12. The Morgan fingerprint density at radius 2 is 1.80 bits per heavy atom. The Balaban J connectivity index is 2.24. The number of nitrogens with one attached hydrogen (secondary N) is 2. The second-order valence-electron chi connectivity index (χ2n) is 5.32. The van der Waals surface area contributed by atoms with Crippen LogP contribution in [-0.4, -0.2) is 19.1 Å². The number of halogens is 2. The third kappa shape index (κ3) is 3.34. The monoisotopic (exact) mass is 376 g/mol. The van der Waals surface area contributed by atoms with Crippen LogP contribution >= 0.6 is 23.2 Å². The van der Waals surface area contributed by atoms with Crippen molar-refractivity contribution < 1.29 is 14.3 Å². The summed E-state index contributed by atoms with van der Waals surface area (Å²) in [6.45, 7) is 0. The van der Waals surface area contributed by atoms with Crippen LogP contribution in [0.4, 0.5) is 4.79 Å². The van der Waals surface area contributed by atoms with Crippen LogP contribution in [0, 0.1) is 0 Å². The summed E-state index contributed by atoms with van der Waals surface area (Å²) >= 11 is 12.4. The molecular formula is C18H14Cl2N2O3. The second kappa shape index (κ2) is 7.17. The molecule has 2 aromatic rings. The molecule has 0 spiro atoms. The Hall–Kier alpha value is -2.50. The van der Waals surface area contributed by atoms with Gasteiger partial charge in [-0.05, 0) is 17.2 Å². The molecule has 2 aromatic carbocycles. The molecule has 5 nitrogen and oxygen atoms in total. The van der Waals surface area contributed by atoms with Crippen molar-refractivity contribution in [2.24, 2.45) is 0 Å². The number of hydrogen-bond donors (Lipinski definition) is 2. The van der Waals surface area contributed by atoms with Crippen LogP contribution in [0.3, 0.4) is 0 Å². The molecule has 0 bridgehead atoms. The third-order valence-electron chi connectivity index (χ3n) is 3.83. The normalized spacial score (nSPS) is 16.9. The number of urea groups is 1. The van der Waals surface area contributed by atoms with Crippen LogP contribution in [0.2, 0.25) is 10.0 Å². The summed E-state index contributed by atoms with van der Waals surface area (Å²) < 4.78 is 4.93. The SMILES string of the molecule is COC(=O)C1=C(c2ccccc2)NC(=O)NC1c1cccc(Cl)c1Cl. The lowest BCUT2D eigenvalue weighted by Crippen LogP contribution is -2.45. The van der Waals surface area contributed by atoms with Gasteiger partial charge in [0.2, 0.25) is 0 Å². The van der Waals surface area contributed by atoms with E-state index in [9.17, 15) is 9.59 Å². The molecule has 0 saturated carbocycles. The molecule has 3 rings (SSSR count). The van der Waals surface area contributed by atoms with Crippen LogP contribution < -0.4 is 10.6 Å². The molecule has 128 valence electrons. The van der Waals surface area contributed by atoms with Crippen LogP contribution in [0.5, 0.6) is 0 Å². The lowest BCUT2D eigenvalue weighted by Gasteiger charge is -2.30. The van der Waals surface area contributed by atoms with Crippen LogP contribution in [-0.2, 0) is 9.53 Å². The predicted octanol–water partition coefficient (Wildman–Crippen LogP) is 3.93. The van der Waals surface area contributed by atoms with Gasteiger partial charge in [0.25, 0.3) is 0 Å². The Morgan fingerprint density at radius 1 is 1.08 bits per heavy atom. The van der Waals surface area contributed by atoms with Gasteiger partial charge >= 0.3 is 12.0 Å². The lowest BCUT2D eigenvalue weighted by molar-refractivity contribution is -0.136. The van der Waals surface area contributed by atoms with E-state index in [1.807, 2.05) is 18.2 Å². The highest BCUT2D eigenvalue weighted by Crippen LogP contribution is 2.37. The molecule has 25 heavy (non-hydrogen) atoms. The first-order valence-electron chi connectivity index (χ1n) is 7.42. The van der Waals surface area contributed by atoms with E-state index in [1.54, 1.807) is 30.3 Å². The summed E-state index contributed by atoms with van der Waals surface area (Å²) in [6.07, 6.45) is 0. The van der Waals surface area contributed by atoms with Gasteiger partial charge in [-0.2, -0.15) is 0 Å². The first kappa shape index (κ1) is 17.3. The molecule has 2 amide bonds. The van der Waals surface area contributed by atoms with Gasteiger partial charge in [-0.15, -0.1) is 0 Å². The van der Waals surface area contributed by atoms with Gasteiger partial charge in [0.1, 0.15) is 0 Å². The van der Waals surface area contributed by atoms with E-state index in [4.69, 9.17) is 27.9 Å². The predicted molar refractivity (Wildman–Crippen MR) is 96.2 cm³/mol. The summed E-state index contributed by atoms with van der Waals surface area (Å²) in [7, 11) is 1.28. The van der Waals surface area contributed by atoms with Crippen LogP contribution in [0.15, 0.2) is 54.1 Å². The topological polar surface area (TPSA) is 67.4 Å². The molecule has 1 atom stereocenters. The van der Waals surface area contributed by atoms with E-state index >= 15 is 0 Å². The lowest BCUT2D eigenvalue weighted by atomic mass is 9.92. The van der Waals surface area contributed by atoms with Crippen molar-refractivity contribution in [2.75, 3.05) is 7.11 Å². The van der Waals surface area contributed by atoms with Gasteiger partial charge in [0.15, 0.2) is 0 Å². The van der Waals surface area contributed by atoms with Gasteiger partial charge in [0, 0.05) is 0 Å². The fraction of sp³-hybridized carbons (Fsp3) is 0.111. The highest BCUT2D eigenvalue weighted by Gasteiger charge is 2.35. The Labute approximate surface area is 154 Å². The zero-order chi connectivity index (χ0) is 18.0. The standard InChI is InChI=1S/C18H14Cl2N2O3/c1-25-17(23)13-15(10-6-3-2-4-7-10)21-18(24)22-16(13)11-8-5-9-12(19)14(11)20/h2-9,16H,1H3,(H2,21,22,24). The van der Waals surface area contributed by atoms with E-state index in [2.05, 4.69) is 10.6 Å². The van der Waals surface area contributed by atoms with Gasteiger partial charge in [-0.1, -0.05) is 65.7 Å².